The van der Waals surface area contributed by atoms with Crippen LogP contribution in [0.1, 0.15) is 34.3 Å². The molecule has 0 saturated carbocycles. The first kappa shape index (κ1) is 21.7. The smallest absolute Gasteiger partial charge is 0.253 e. The lowest BCUT2D eigenvalue weighted by atomic mass is 9.74. The molecule has 1 aromatic heterocycles. The third-order valence-electron chi connectivity index (χ3n) is 7.25. The molecule has 6 nitrogen and oxygen atoms in total. The normalized spacial score (nSPS) is 16.3. The molecule has 1 fully saturated rings. The molecule has 178 valence electrons. The molecule has 2 aliphatic heterocycles. The number of hydrogen-bond acceptors (Lipinski definition) is 4. The lowest BCUT2D eigenvalue weighted by molar-refractivity contribution is 0.0486. The number of carbonyl (C=O) groups excluding carboxylic acids is 1. The van der Waals surface area contributed by atoms with Crippen molar-refractivity contribution in [2.75, 3.05) is 26.6 Å². The highest BCUT2D eigenvalue weighted by Crippen LogP contribution is 2.40. The maximum absolute atomic E-state index is 13.5. The van der Waals surface area contributed by atoms with Crippen molar-refractivity contribution in [1.29, 1.82) is 0 Å². The topological polar surface area (TPSA) is 61.7 Å². The van der Waals surface area contributed by atoms with E-state index in [-0.39, 0.29) is 18.1 Å². The zero-order chi connectivity index (χ0) is 23.7. The number of amides is 1. The van der Waals surface area contributed by atoms with Crippen LogP contribution in [0.3, 0.4) is 0 Å². The van der Waals surface area contributed by atoms with Crippen LogP contribution >= 0.6 is 0 Å². The van der Waals surface area contributed by atoms with Crippen molar-refractivity contribution in [3.05, 3.63) is 95.7 Å². The van der Waals surface area contributed by atoms with Gasteiger partial charge in [-0.15, -0.1) is 0 Å². The molecule has 3 heterocycles. The predicted octanol–water partition coefficient (Wildman–Crippen LogP) is 4.90. The van der Waals surface area contributed by atoms with Gasteiger partial charge in [-0.25, -0.2) is 0 Å². The summed E-state index contributed by atoms with van der Waals surface area (Å²) in [6, 6.07) is 24.5. The Balaban J connectivity index is 1.27. The van der Waals surface area contributed by atoms with Crippen molar-refractivity contribution in [3.8, 4) is 11.5 Å². The number of aromatic nitrogens is 1. The summed E-state index contributed by atoms with van der Waals surface area (Å²) in [7, 11) is 0. The Bertz CT molecular complexity index is 1360. The molecule has 6 heteroatoms. The van der Waals surface area contributed by atoms with Gasteiger partial charge in [0.15, 0.2) is 11.5 Å². The third kappa shape index (κ3) is 4.15. The Morgan fingerprint density at radius 1 is 0.914 bits per heavy atom. The Morgan fingerprint density at radius 2 is 1.69 bits per heavy atom. The van der Waals surface area contributed by atoms with Gasteiger partial charge < -0.3 is 24.1 Å². The van der Waals surface area contributed by atoms with Crippen LogP contribution in [-0.4, -0.2) is 37.0 Å². The van der Waals surface area contributed by atoms with Gasteiger partial charge >= 0.3 is 0 Å². The number of rotatable bonds is 6. The molecule has 0 spiro atoms. The van der Waals surface area contributed by atoms with Crippen LogP contribution in [0.4, 0.5) is 0 Å². The highest BCUT2D eigenvalue weighted by molar-refractivity contribution is 6.07. The second kappa shape index (κ2) is 9.12. The number of carbonyl (C=O) groups is 1. The Morgan fingerprint density at radius 3 is 2.54 bits per heavy atom. The van der Waals surface area contributed by atoms with Gasteiger partial charge in [0, 0.05) is 48.8 Å². The average Bonchev–Trinajstić information content (AvgIpc) is 3.53. The van der Waals surface area contributed by atoms with Crippen LogP contribution in [-0.2, 0) is 16.7 Å². The van der Waals surface area contributed by atoms with E-state index >= 15 is 0 Å². The minimum absolute atomic E-state index is 0.0559. The molecular formula is C29H28N2O4. The fraction of sp³-hybridized carbons (Fsp3) is 0.276. The molecule has 0 radical (unpaired) electrons. The van der Waals surface area contributed by atoms with Crippen LogP contribution in [0.15, 0.2) is 79.0 Å². The first-order valence-corrected chi connectivity index (χ1v) is 12.1. The van der Waals surface area contributed by atoms with E-state index in [1.54, 1.807) is 0 Å². The number of fused-ring (bicyclic) bond motifs is 2. The van der Waals surface area contributed by atoms with E-state index in [4.69, 9.17) is 14.2 Å². The van der Waals surface area contributed by atoms with Crippen molar-refractivity contribution in [2.45, 2.75) is 24.8 Å². The van der Waals surface area contributed by atoms with Gasteiger partial charge in [-0.3, -0.25) is 4.79 Å². The van der Waals surface area contributed by atoms with Crippen LogP contribution < -0.4 is 14.8 Å². The number of nitrogens with zero attached hydrogens (tertiary/aromatic N) is 1. The lowest BCUT2D eigenvalue weighted by Crippen LogP contribution is -2.44. The first-order chi connectivity index (χ1) is 17.2. The molecule has 4 aromatic rings. The molecule has 6 rings (SSSR count). The van der Waals surface area contributed by atoms with Gasteiger partial charge in [0.1, 0.15) is 0 Å². The van der Waals surface area contributed by atoms with Gasteiger partial charge in [-0.2, -0.15) is 0 Å². The van der Waals surface area contributed by atoms with Crippen molar-refractivity contribution in [2.24, 2.45) is 0 Å². The van der Waals surface area contributed by atoms with Crippen LogP contribution in [0, 0.1) is 0 Å². The zero-order valence-electron chi connectivity index (χ0n) is 19.5. The molecule has 1 saturated heterocycles. The predicted molar refractivity (Wildman–Crippen MR) is 134 cm³/mol. The SMILES string of the molecule is O=C(NCC1(c2ccc3c(c2)OCO3)CCOCC1)c1cn(Cc2ccccc2)c2ccccc12. The molecular weight excluding hydrogens is 440 g/mol. The lowest BCUT2D eigenvalue weighted by Gasteiger charge is -2.38. The van der Waals surface area contributed by atoms with Crippen LogP contribution in [0.25, 0.3) is 10.9 Å². The van der Waals surface area contributed by atoms with Crippen molar-refractivity contribution < 1.29 is 19.0 Å². The van der Waals surface area contributed by atoms with E-state index in [1.165, 1.54) is 5.56 Å². The summed E-state index contributed by atoms with van der Waals surface area (Å²) in [5, 5.41) is 4.23. The Labute approximate surface area is 204 Å². The Kier molecular flexibility index (Phi) is 5.66. The summed E-state index contributed by atoms with van der Waals surface area (Å²) in [6.07, 6.45) is 3.65. The van der Waals surface area contributed by atoms with Crippen LogP contribution in [0.2, 0.25) is 0 Å². The summed E-state index contributed by atoms with van der Waals surface area (Å²) < 4.78 is 19.0. The monoisotopic (exact) mass is 468 g/mol. The zero-order valence-corrected chi connectivity index (χ0v) is 19.5. The standard InChI is InChI=1S/C29H28N2O4/c32-28(24-18-31(17-21-6-2-1-3-7-21)25-9-5-4-8-23(24)25)30-19-29(12-14-33-15-13-29)22-10-11-26-27(16-22)35-20-34-26/h1-11,16,18H,12-15,17,19-20H2,(H,30,32). The summed E-state index contributed by atoms with van der Waals surface area (Å²) in [5.41, 5.74) is 3.89. The van der Waals surface area contributed by atoms with Gasteiger partial charge in [-0.05, 0) is 42.2 Å². The van der Waals surface area contributed by atoms with Crippen molar-refractivity contribution >= 4 is 16.8 Å². The van der Waals surface area contributed by atoms with E-state index in [1.807, 2.05) is 48.7 Å². The van der Waals surface area contributed by atoms with Gasteiger partial charge in [-0.1, -0.05) is 54.6 Å². The van der Waals surface area contributed by atoms with E-state index in [9.17, 15) is 4.79 Å². The maximum atomic E-state index is 13.5. The summed E-state index contributed by atoms with van der Waals surface area (Å²) in [5.74, 6) is 1.48. The summed E-state index contributed by atoms with van der Waals surface area (Å²) in [4.78, 5) is 13.5. The average molecular weight is 469 g/mol. The van der Waals surface area contributed by atoms with E-state index in [2.05, 4.69) is 40.2 Å². The molecule has 2 aliphatic rings. The number of benzene rings is 3. The second-order valence-electron chi connectivity index (χ2n) is 9.32. The van der Waals surface area contributed by atoms with E-state index in [0.29, 0.717) is 31.9 Å². The number of ether oxygens (including phenoxy) is 3. The number of nitrogens with one attached hydrogen (secondary N) is 1. The van der Waals surface area contributed by atoms with Crippen molar-refractivity contribution in [3.63, 3.8) is 0 Å². The minimum atomic E-state index is -0.211. The quantitative estimate of drug-likeness (QED) is 0.437. The summed E-state index contributed by atoms with van der Waals surface area (Å²) in [6.45, 7) is 2.83. The number of para-hydroxylation sites is 1. The molecule has 0 unspecified atom stereocenters. The summed E-state index contributed by atoms with van der Waals surface area (Å²) >= 11 is 0. The fourth-order valence-electron chi connectivity index (χ4n) is 5.24. The fourth-order valence-corrected chi connectivity index (χ4v) is 5.24. The molecule has 0 atom stereocenters. The first-order valence-electron chi connectivity index (χ1n) is 12.1. The molecule has 35 heavy (non-hydrogen) atoms. The molecule has 1 N–H and O–H groups in total. The molecule has 1 amide bonds. The minimum Gasteiger partial charge on any atom is -0.454 e. The van der Waals surface area contributed by atoms with Gasteiger partial charge in [0.05, 0.1) is 5.56 Å². The molecule has 0 bridgehead atoms. The van der Waals surface area contributed by atoms with Crippen molar-refractivity contribution in [1.82, 2.24) is 9.88 Å². The Hall–Kier alpha value is -3.77. The van der Waals surface area contributed by atoms with Gasteiger partial charge in [0.25, 0.3) is 5.91 Å². The maximum Gasteiger partial charge on any atom is 0.253 e. The molecule has 0 aliphatic carbocycles. The highest BCUT2D eigenvalue weighted by Gasteiger charge is 2.36. The van der Waals surface area contributed by atoms with Gasteiger partial charge in [0.2, 0.25) is 6.79 Å². The van der Waals surface area contributed by atoms with Crippen LogP contribution in [0.5, 0.6) is 11.5 Å². The third-order valence-corrected chi connectivity index (χ3v) is 7.25. The highest BCUT2D eigenvalue weighted by atomic mass is 16.7. The second-order valence-corrected chi connectivity index (χ2v) is 9.32. The largest absolute Gasteiger partial charge is 0.454 e. The van der Waals surface area contributed by atoms with E-state index in [0.717, 1.165) is 40.8 Å². The number of hydrogen-bond donors (Lipinski definition) is 1. The van der Waals surface area contributed by atoms with E-state index < -0.39 is 0 Å². The molecule has 3 aromatic carbocycles.